The second-order valence-electron chi connectivity index (χ2n) is 3.22. The van der Waals surface area contributed by atoms with Gasteiger partial charge in [-0.3, -0.25) is 4.79 Å². The molecule has 2 N–H and O–H groups in total. The molecule has 0 spiro atoms. The monoisotopic (exact) mass is 189 g/mol. The molecule has 0 aromatic rings. The van der Waals surface area contributed by atoms with E-state index in [2.05, 4.69) is 0 Å². The molecule has 1 amide bonds. The minimum absolute atomic E-state index is 0.0388. The Hall–Kier alpha value is -0.610. The van der Waals surface area contributed by atoms with Crippen molar-refractivity contribution in [1.82, 2.24) is 4.90 Å². The first-order valence-electron chi connectivity index (χ1n) is 4.61. The first kappa shape index (κ1) is 12.4. The molecule has 0 saturated carbocycles. The van der Waals surface area contributed by atoms with Crippen LogP contribution in [0.4, 0.5) is 0 Å². The maximum absolute atomic E-state index is 11.4. The van der Waals surface area contributed by atoms with E-state index < -0.39 is 0 Å². The van der Waals surface area contributed by atoms with Gasteiger partial charge < -0.3 is 15.1 Å². The van der Waals surface area contributed by atoms with E-state index in [1.807, 2.05) is 0 Å². The lowest BCUT2D eigenvalue weighted by Gasteiger charge is -2.32. The fourth-order valence-corrected chi connectivity index (χ4v) is 1.28. The Morgan fingerprint density at radius 1 is 1.23 bits per heavy atom. The molecule has 13 heavy (non-hydrogen) atoms. The number of carbonyl (C=O) groups excluding carboxylic acids is 1. The summed E-state index contributed by atoms with van der Waals surface area (Å²) in [5, 5.41) is 17.8. The summed E-state index contributed by atoms with van der Waals surface area (Å²) < 4.78 is 0. The van der Waals surface area contributed by atoms with Crippen molar-refractivity contribution in [3.63, 3.8) is 0 Å². The lowest BCUT2D eigenvalue weighted by atomic mass is 10.2. The average Bonchev–Trinajstić information content (AvgIpc) is 2.16. The van der Waals surface area contributed by atoms with Crippen LogP contribution in [-0.4, -0.2) is 46.3 Å². The summed E-state index contributed by atoms with van der Waals surface area (Å²) >= 11 is 0. The van der Waals surface area contributed by atoms with Crippen LogP contribution in [-0.2, 0) is 4.79 Å². The maximum Gasteiger partial charge on any atom is 0.222 e. The van der Waals surface area contributed by atoms with Gasteiger partial charge in [-0.05, 0) is 13.8 Å². The van der Waals surface area contributed by atoms with Crippen molar-refractivity contribution >= 4 is 5.91 Å². The Bertz CT molecular complexity index is 151. The molecule has 0 aliphatic rings. The molecule has 0 aliphatic heterocycles. The Morgan fingerprint density at radius 2 is 1.62 bits per heavy atom. The standard InChI is InChI=1S/C9H19NO3/c1-4-9(13)10(7(2)5-11)8(3)6-12/h7-8,11-12H,4-6H2,1-3H3. The summed E-state index contributed by atoms with van der Waals surface area (Å²) in [7, 11) is 0. The number of amides is 1. The molecule has 0 rings (SSSR count). The highest BCUT2D eigenvalue weighted by molar-refractivity contribution is 5.76. The van der Waals surface area contributed by atoms with Gasteiger partial charge in [0.2, 0.25) is 5.91 Å². The molecule has 4 nitrogen and oxygen atoms in total. The second kappa shape index (κ2) is 5.94. The smallest absolute Gasteiger partial charge is 0.222 e. The Kier molecular flexibility index (Phi) is 5.66. The minimum atomic E-state index is -0.227. The highest BCUT2D eigenvalue weighted by atomic mass is 16.3. The van der Waals surface area contributed by atoms with Crippen LogP contribution in [0.3, 0.4) is 0 Å². The topological polar surface area (TPSA) is 60.8 Å². The highest BCUT2D eigenvalue weighted by Gasteiger charge is 2.22. The normalized spacial score (nSPS) is 15.2. The van der Waals surface area contributed by atoms with Gasteiger partial charge in [0.25, 0.3) is 0 Å². The third kappa shape index (κ3) is 3.32. The number of rotatable bonds is 5. The third-order valence-corrected chi connectivity index (χ3v) is 2.07. The van der Waals surface area contributed by atoms with Gasteiger partial charge in [-0.15, -0.1) is 0 Å². The largest absolute Gasteiger partial charge is 0.394 e. The Balaban J connectivity index is 4.44. The van der Waals surface area contributed by atoms with E-state index in [0.29, 0.717) is 6.42 Å². The van der Waals surface area contributed by atoms with E-state index in [1.54, 1.807) is 20.8 Å². The quantitative estimate of drug-likeness (QED) is 0.639. The SMILES string of the molecule is CCC(=O)N(C(C)CO)C(C)CO. The van der Waals surface area contributed by atoms with Crippen molar-refractivity contribution in [2.45, 2.75) is 39.3 Å². The first-order chi connectivity index (χ1) is 6.08. The van der Waals surface area contributed by atoms with Crippen LogP contribution in [0.1, 0.15) is 27.2 Å². The average molecular weight is 189 g/mol. The lowest BCUT2D eigenvalue weighted by molar-refractivity contribution is -0.137. The molecule has 0 heterocycles. The predicted octanol–water partition coefficient (Wildman–Crippen LogP) is -0.0134. The van der Waals surface area contributed by atoms with Crippen LogP contribution in [0, 0.1) is 0 Å². The molecule has 0 aromatic carbocycles. The zero-order valence-electron chi connectivity index (χ0n) is 8.53. The van der Waals surface area contributed by atoms with Crippen LogP contribution >= 0.6 is 0 Å². The van der Waals surface area contributed by atoms with Crippen LogP contribution in [0.5, 0.6) is 0 Å². The molecule has 0 saturated heterocycles. The number of carbonyl (C=O) groups is 1. The van der Waals surface area contributed by atoms with Gasteiger partial charge in [0.15, 0.2) is 0 Å². The molecule has 0 fully saturated rings. The van der Waals surface area contributed by atoms with Crippen LogP contribution < -0.4 is 0 Å². The van der Waals surface area contributed by atoms with E-state index in [1.165, 1.54) is 4.90 Å². The van der Waals surface area contributed by atoms with Crippen LogP contribution in [0.15, 0.2) is 0 Å². The summed E-state index contributed by atoms with van der Waals surface area (Å²) in [6.07, 6.45) is 0.397. The molecule has 4 heteroatoms. The van der Waals surface area contributed by atoms with Crippen LogP contribution in [0.2, 0.25) is 0 Å². The van der Waals surface area contributed by atoms with E-state index in [0.717, 1.165) is 0 Å². The number of hydrogen-bond donors (Lipinski definition) is 2. The number of hydrogen-bond acceptors (Lipinski definition) is 3. The number of aliphatic hydroxyl groups is 2. The van der Waals surface area contributed by atoms with Crippen molar-refractivity contribution in [2.24, 2.45) is 0 Å². The molecule has 2 atom stereocenters. The Morgan fingerprint density at radius 3 is 1.85 bits per heavy atom. The molecule has 78 valence electrons. The van der Waals surface area contributed by atoms with Crippen molar-refractivity contribution in [3.8, 4) is 0 Å². The summed E-state index contributed by atoms with van der Waals surface area (Å²) in [6.45, 7) is 5.15. The van der Waals surface area contributed by atoms with Gasteiger partial charge in [-0.1, -0.05) is 6.92 Å². The van der Waals surface area contributed by atoms with E-state index in [-0.39, 0.29) is 31.2 Å². The molecular formula is C9H19NO3. The third-order valence-electron chi connectivity index (χ3n) is 2.07. The molecule has 0 bridgehead atoms. The summed E-state index contributed by atoms with van der Waals surface area (Å²) in [4.78, 5) is 12.9. The van der Waals surface area contributed by atoms with E-state index in [4.69, 9.17) is 10.2 Å². The fourth-order valence-electron chi connectivity index (χ4n) is 1.28. The predicted molar refractivity (Wildman–Crippen MR) is 50.2 cm³/mol. The van der Waals surface area contributed by atoms with Gasteiger partial charge >= 0.3 is 0 Å². The van der Waals surface area contributed by atoms with Gasteiger partial charge in [-0.25, -0.2) is 0 Å². The Labute approximate surface area is 79.2 Å². The lowest BCUT2D eigenvalue weighted by Crippen LogP contribution is -2.47. The second-order valence-corrected chi connectivity index (χ2v) is 3.22. The summed E-state index contributed by atoms with van der Waals surface area (Å²) in [6, 6.07) is -0.454. The minimum Gasteiger partial charge on any atom is -0.394 e. The van der Waals surface area contributed by atoms with Gasteiger partial charge in [0.05, 0.1) is 25.3 Å². The van der Waals surface area contributed by atoms with Crippen molar-refractivity contribution in [2.75, 3.05) is 13.2 Å². The van der Waals surface area contributed by atoms with Gasteiger partial charge in [0.1, 0.15) is 0 Å². The fraction of sp³-hybridized carbons (Fsp3) is 0.889. The number of aliphatic hydroxyl groups excluding tert-OH is 2. The first-order valence-corrected chi connectivity index (χ1v) is 4.61. The van der Waals surface area contributed by atoms with Crippen LogP contribution in [0.25, 0.3) is 0 Å². The maximum atomic E-state index is 11.4. The molecule has 0 aromatic heterocycles. The van der Waals surface area contributed by atoms with Crippen molar-refractivity contribution in [1.29, 1.82) is 0 Å². The molecule has 0 radical (unpaired) electrons. The zero-order valence-corrected chi connectivity index (χ0v) is 8.53. The van der Waals surface area contributed by atoms with Crippen molar-refractivity contribution < 1.29 is 15.0 Å². The molecule has 0 aliphatic carbocycles. The van der Waals surface area contributed by atoms with Crippen molar-refractivity contribution in [3.05, 3.63) is 0 Å². The highest BCUT2D eigenvalue weighted by Crippen LogP contribution is 2.07. The van der Waals surface area contributed by atoms with Gasteiger partial charge in [0, 0.05) is 6.42 Å². The molecule has 2 unspecified atom stereocenters. The number of nitrogens with zero attached hydrogens (tertiary/aromatic N) is 1. The van der Waals surface area contributed by atoms with E-state index >= 15 is 0 Å². The zero-order chi connectivity index (χ0) is 10.4. The summed E-state index contributed by atoms with van der Waals surface area (Å²) in [5.41, 5.74) is 0. The van der Waals surface area contributed by atoms with Gasteiger partial charge in [-0.2, -0.15) is 0 Å². The molecular weight excluding hydrogens is 170 g/mol. The van der Waals surface area contributed by atoms with E-state index in [9.17, 15) is 4.79 Å². The summed E-state index contributed by atoms with van der Waals surface area (Å²) in [5.74, 6) is -0.0388.